The lowest BCUT2D eigenvalue weighted by Gasteiger charge is -2.31. The summed E-state index contributed by atoms with van der Waals surface area (Å²) < 4.78 is 51.3. The summed E-state index contributed by atoms with van der Waals surface area (Å²) in [5.74, 6) is -2.10. The Hall–Kier alpha value is -1.86. The van der Waals surface area contributed by atoms with Crippen molar-refractivity contribution in [3.05, 3.63) is 24.3 Å². The van der Waals surface area contributed by atoms with Crippen molar-refractivity contribution in [2.75, 3.05) is 5.32 Å². The van der Waals surface area contributed by atoms with E-state index in [2.05, 4.69) is 15.6 Å². The second-order valence-corrected chi connectivity index (χ2v) is 5.06. The Morgan fingerprint density at radius 1 is 1.33 bits per heavy atom. The van der Waals surface area contributed by atoms with E-state index in [1.807, 2.05) is 0 Å². The van der Waals surface area contributed by atoms with Crippen molar-refractivity contribution in [1.29, 1.82) is 0 Å². The molecule has 0 aliphatic heterocycles. The van der Waals surface area contributed by atoms with Crippen LogP contribution >= 0.6 is 0 Å². The van der Waals surface area contributed by atoms with Gasteiger partial charge in [-0.1, -0.05) is 6.42 Å². The Labute approximate surface area is 118 Å². The number of halogens is 4. The van der Waals surface area contributed by atoms with Gasteiger partial charge in [0.2, 0.25) is 0 Å². The number of urea groups is 1. The Morgan fingerprint density at radius 2 is 2.10 bits per heavy atom. The molecular formula is C13H15F4N3O. The van der Waals surface area contributed by atoms with Gasteiger partial charge >= 0.3 is 12.2 Å². The number of anilines is 1. The second-order valence-electron chi connectivity index (χ2n) is 5.06. The molecule has 1 saturated carbocycles. The highest BCUT2D eigenvalue weighted by Crippen LogP contribution is 2.37. The summed E-state index contributed by atoms with van der Waals surface area (Å²) in [6.45, 7) is 0. The number of nitrogens with zero attached hydrogens (tertiary/aromatic N) is 1. The quantitative estimate of drug-likeness (QED) is 0.822. The number of pyridine rings is 1. The van der Waals surface area contributed by atoms with Gasteiger partial charge in [-0.25, -0.2) is 9.18 Å². The third-order valence-corrected chi connectivity index (χ3v) is 3.49. The molecule has 0 aromatic carbocycles. The number of nitrogens with one attached hydrogen (secondary N) is 2. The molecule has 0 unspecified atom stereocenters. The van der Waals surface area contributed by atoms with Crippen LogP contribution in [0.5, 0.6) is 0 Å². The maximum absolute atomic E-state index is 13.3. The van der Waals surface area contributed by atoms with Crippen molar-refractivity contribution in [2.24, 2.45) is 5.92 Å². The number of alkyl halides is 3. The highest BCUT2D eigenvalue weighted by Gasteiger charge is 2.42. The summed E-state index contributed by atoms with van der Waals surface area (Å²) in [4.78, 5) is 15.2. The fourth-order valence-electron chi connectivity index (χ4n) is 2.44. The minimum absolute atomic E-state index is 0.0642. The summed E-state index contributed by atoms with van der Waals surface area (Å²) >= 11 is 0. The van der Waals surface area contributed by atoms with Gasteiger partial charge in [0.05, 0.1) is 17.8 Å². The number of hydrogen-bond acceptors (Lipinski definition) is 2. The molecule has 1 aliphatic rings. The molecule has 0 bridgehead atoms. The van der Waals surface area contributed by atoms with Crippen LogP contribution in [0.1, 0.15) is 25.7 Å². The van der Waals surface area contributed by atoms with Crippen LogP contribution in [-0.4, -0.2) is 23.2 Å². The minimum Gasteiger partial charge on any atom is -0.335 e. The number of amides is 2. The van der Waals surface area contributed by atoms with Crippen LogP contribution in [0.2, 0.25) is 0 Å². The maximum Gasteiger partial charge on any atom is 0.391 e. The van der Waals surface area contributed by atoms with E-state index in [9.17, 15) is 22.4 Å². The summed E-state index contributed by atoms with van der Waals surface area (Å²) in [5, 5.41) is 4.72. The van der Waals surface area contributed by atoms with Gasteiger partial charge < -0.3 is 10.6 Å². The zero-order valence-corrected chi connectivity index (χ0v) is 11.1. The van der Waals surface area contributed by atoms with E-state index in [0.29, 0.717) is 12.8 Å². The monoisotopic (exact) mass is 305 g/mol. The first-order chi connectivity index (χ1) is 9.86. The number of carbonyl (C=O) groups is 1. The molecule has 1 aromatic rings. The van der Waals surface area contributed by atoms with E-state index >= 15 is 0 Å². The van der Waals surface area contributed by atoms with E-state index in [-0.39, 0.29) is 18.5 Å². The molecule has 21 heavy (non-hydrogen) atoms. The van der Waals surface area contributed by atoms with Gasteiger partial charge in [-0.3, -0.25) is 4.98 Å². The largest absolute Gasteiger partial charge is 0.391 e. The molecule has 1 aromatic heterocycles. The van der Waals surface area contributed by atoms with Gasteiger partial charge in [-0.2, -0.15) is 13.2 Å². The molecule has 0 saturated heterocycles. The van der Waals surface area contributed by atoms with Crippen LogP contribution in [0.25, 0.3) is 0 Å². The lowest BCUT2D eigenvalue weighted by molar-refractivity contribution is -0.183. The Bertz CT molecular complexity index is 506. The average molecular weight is 305 g/mol. The molecule has 1 heterocycles. The summed E-state index contributed by atoms with van der Waals surface area (Å²) in [6, 6.07) is -0.00269. The second kappa shape index (κ2) is 6.28. The van der Waals surface area contributed by atoms with Crippen LogP contribution in [-0.2, 0) is 0 Å². The third-order valence-electron chi connectivity index (χ3n) is 3.49. The van der Waals surface area contributed by atoms with E-state index in [0.717, 1.165) is 6.20 Å². The molecule has 0 radical (unpaired) electrons. The predicted molar refractivity (Wildman–Crippen MR) is 68.2 cm³/mol. The lowest BCUT2D eigenvalue weighted by atomic mass is 9.85. The fraction of sp³-hybridized carbons (Fsp3) is 0.538. The van der Waals surface area contributed by atoms with Crippen molar-refractivity contribution < 1.29 is 22.4 Å². The van der Waals surface area contributed by atoms with Crippen molar-refractivity contribution in [3.8, 4) is 0 Å². The average Bonchev–Trinajstić information content (AvgIpc) is 2.41. The molecule has 2 N–H and O–H groups in total. The zero-order valence-electron chi connectivity index (χ0n) is 11.1. The van der Waals surface area contributed by atoms with E-state index in [4.69, 9.17) is 0 Å². The van der Waals surface area contributed by atoms with Crippen LogP contribution in [0.15, 0.2) is 18.5 Å². The first kappa shape index (κ1) is 15.5. The molecule has 4 nitrogen and oxygen atoms in total. The van der Waals surface area contributed by atoms with E-state index in [1.165, 1.54) is 12.3 Å². The van der Waals surface area contributed by atoms with Gasteiger partial charge in [0, 0.05) is 12.2 Å². The fourth-order valence-corrected chi connectivity index (χ4v) is 2.44. The van der Waals surface area contributed by atoms with Gasteiger partial charge in [-0.05, 0) is 25.3 Å². The number of carbonyl (C=O) groups excluding carboxylic acids is 1. The van der Waals surface area contributed by atoms with Crippen molar-refractivity contribution in [2.45, 2.75) is 37.9 Å². The van der Waals surface area contributed by atoms with E-state index < -0.39 is 30.0 Å². The Kier molecular flexibility index (Phi) is 4.64. The number of aromatic nitrogens is 1. The Balaban J connectivity index is 1.89. The van der Waals surface area contributed by atoms with Crippen LogP contribution in [0, 0.1) is 11.7 Å². The molecule has 1 fully saturated rings. The molecule has 8 heteroatoms. The zero-order chi connectivity index (χ0) is 15.5. The molecule has 116 valence electrons. The molecule has 2 amide bonds. The van der Waals surface area contributed by atoms with Gasteiger partial charge in [0.25, 0.3) is 0 Å². The SMILES string of the molecule is O=C(Nc1ccncc1F)N[C@@H]1CCC[C@H](C(F)(F)F)C1. The van der Waals surface area contributed by atoms with Crippen molar-refractivity contribution >= 4 is 11.7 Å². The highest BCUT2D eigenvalue weighted by molar-refractivity contribution is 5.89. The normalized spacial score (nSPS) is 22.7. The van der Waals surface area contributed by atoms with Crippen LogP contribution in [0.4, 0.5) is 28.0 Å². The third kappa shape index (κ3) is 4.30. The lowest BCUT2D eigenvalue weighted by Crippen LogP contribution is -2.43. The smallest absolute Gasteiger partial charge is 0.335 e. The van der Waals surface area contributed by atoms with Gasteiger partial charge in [0.15, 0.2) is 5.82 Å². The van der Waals surface area contributed by atoms with Gasteiger partial charge in [-0.15, -0.1) is 0 Å². The van der Waals surface area contributed by atoms with Gasteiger partial charge in [0.1, 0.15) is 0 Å². The number of rotatable bonds is 2. The first-order valence-corrected chi connectivity index (χ1v) is 6.60. The first-order valence-electron chi connectivity index (χ1n) is 6.60. The molecular weight excluding hydrogens is 290 g/mol. The Morgan fingerprint density at radius 3 is 2.76 bits per heavy atom. The van der Waals surface area contributed by atoms with Crippen molar-refractivity contribution in [1.82, 2.24) is 10.3 Å². The highest BCUT2D eigenvalue weighted by atomic mass is 19.4. The topological polar surface area (TPSA) is 54.0 Å². The van der Waals surface area contributed by atoms with Crippen LogP contribution < -0.4 is 10.6 Å². The molecule has 0 spiro atoms. The minimum atomic E-state index is -4.24. The van der Waals surface area contributed by atoms with Crippen LogP contribution in [0.3, 0.4) is 0 Å². The van der Waals surface area contributed by atoms with Crippen molar-refractivity contribution in [3.63, 3.8) is 0 Å². The predicted octanol–water partition coefficient (Wildman–Crippen LogP) is 3.46. The molecule has 2 rings (SSSR count). The maximum atomic E-state index is 13.3. The summed E-state index contributed by atoms with van der Waals surface area (Å²) in [6.07, 6.45) is -1.17. The standard InChI is InChI=1S/C13H15F4N3O/c14-10-7-18-5-4-11(10)20-12(21)19-9-3-1-2-8(6-9)13(15,16)17/h4-5,7-9H,1-3,6H2,(H2,18,19,20,21)/t8-,9+/m0/s1. The number of hydrogen-bond donors (Lipinski definition) is 2. The molecule has 1 aliphatic carbocycles. The molecule has 2 atom stereocenters. The summed E-state index contributed by atoms with van der Waals surface area (Å²) in [5.41, 5.74) is -0.0642. The van der Waals surface area contributed by atoms with E-state index in [1.54, 1.807) is 0 Å². The summed E-state index contributed by atoms with van der Waals surface area (Å²) in [7, 11) is 0.